The molecule has 1 heterocycles. The average Bonchev–Trinajstić information content (AvgIpc) is 3.00. The summed E-state index contributed by atoms with van der Waals surface area (Å²) in [7, 11) is 0. The van der Waals surface area contributed by atoms with Gasteiger partial charge in [0.25, 0.3) is 0 Å². The van der Waals surface area contributed by atoms with Gasteiger partial charge in [0.15, 0.2) is 0 Å². The molecular formula is C15H17Cl2NO2S. The fraction of sp³-hybridized carbons (Fsp3) is 0.333. The standard InChI is InChI=1S/C15H17Cl2NO2S/c1-10(11-4-5-21-9-11)18-7-12(19)8-20-13-2-3-14(16)15(17)6-13/h2-6,9-10,12,18-19H,7-8H2,1H3. The summed E-state index contributed by atoms with van der Waals surface area (Å²) in [5.41, 5.74) is 1.22. The van der Waals surface area contributed by atoms with Crippen molar-refractivity contribution in [2.24, 2.45) is 0 Å². The van der Waals surface area contributed by atoms with Crippen molar-refractivity contribution in [2.75, 3.05) is 13.2 Å². The molecule has 0 aliphatic heterocycles. The molecule has 0 fully saturated rings. The molecule has 2 atom stereocenters. The van der Waals surface area contributed by atoms with Crippen LogP contribution in [0.1, 0.15) is 18.5 Å². The van der Waals surface area contributed by atoms with Gasteiger partial charge in [-0.25, -0.2) is 0 Å². The number of aliphatic hydroxyl groups excluding tert-OH is 1. The van der Waals surface area contributed by atoms with Gasteiger partial charge in [-0.15, -0.1) is 0 Å². The smallest absolute Gasteiger partial charge is 0.121 e. The molecule has 2 aromatic rings. The highest BCUT2D eigenvalue weighted by atomic mass is 35.5. The predicted molar refractivity (Wildman–Crippen MR) is 88.7 cm³/mol. The van der Waals surface area contributed by atoms with Crippen molar-refractivity contribution in [1.29, 1.82) is 0 Å². The zero-order valence-corrected chi connectivity index (χ0v) is 13.9. The van der Waals surface area contributed by atoms with E-state index in [2.05, 4.69) is 23.7 Å². The summed E-state index contributed by atoms with van der Waals surface area (Å²) in [6, 6.07) is 7.31. The number of halogens is 2. The first-order valence-corrected chi connectivity index (χ1v) is 8.27. The zero-order valence-electron chi connectivity index (χ0n) is 11.6. The van der Waals surface area contributed by atoms with Gasteiger partial charge in [0, 0.05) is 18.7 Å². The van der Waals surface area contributed by atoms with E-state index >= 15 is 0 Å². The lowest BCUT2D eigenvalue weighted by molar-refractivity contribution is 0.104. The van der Waals surface area contributed by atoms with E-state index in [9.17, 15) is 5.11 Å². The van der Waals surface area contributed by atoms with Gasteiger partial charge in [-0.2, -0.15) is 11.3 Å². The number of hydrogen-bond donors (Lipinski definition) is 2. The monoisotopic (exact) mass is 345 g/mol. The number of rotatable bonds is 7. The van der Waals surface area contributed by atoms with Crippen molar-refractivity contribution in [1.82, 2.24) is 5.32 Å². The molecule has 2 unspecified atom stereocenters. The van der Waals surface area contributed by atoms with E-state index in [1.54, 1.807) is 29.5 Å². The van der Waals surface area contributed by atoms with Gasteiger partial charge >= 0.3 is 0 Å². The summed E-state index contributed by atoms with van der Waals surface area (Å²) in [6.07, 6.45) is -0.597. The molecule has 1 aromatic carbocycles. The highest BCUT2D eigenvalue weighted by Gasteiger charge is 2.10. The number of benzene rings is 1. The molecule has 0 saturated carbocycles. The molecule has 0 aliphatic rings. The summed E-state index contributed by atoms with van der Waals surface area (Å²) in [5.74, 6) is 0.592. The maximum atomic E-state index is 9.94. The van der Waals surface area contributed by atoms with Crippen LogP contribution in [0.3, 0.4) is 0 Å². The first-order chi connectivity index (χ1) is 10.1. The van der Waals surface area contributed by atoms with Crippen LogP contribution in [0.25, 0.3) is 0 Å². The van der Waals surface area contributed by atoms with E-state index in [0.717, 1.165) is 0 Å². The summed E-state index contributed by atoms with van der Waals surface area (Å²) in [6.45, 7) is 2.72. The number of nitrogens with one attached hydrogen (secondary N) is 1. The first-order valence-electron chi connectivity index (χ1n) is 6.57. The average molecular weight is 346 g/mol. The van der Waals surface area contributed by atoms with Crippen LogP contribution in [-0.4, -0.2) is 24.4 Å². The minimum absolute atomic E-state index is 0.196. The summed E-state index contributed by atoms with van der Waals surface area (Å²) < 4.78 is 5.50. The van der Waals surface area contributed by atoms with Crippen LogP contribution in [0.5, 0.6) is 5.75 Å². The number of aliphatic hydroxyl groups is 1. The minimum Gasteiger partial charge on any atom is -0.491 e. The lowest BCUT2D eigenvalue weighted by Crippen LogP contribution is -2.32. The molecule has 21 heavy (non-hydrogen) atoms. The van der Waals surface area contributed by atoms with Crippen LogP contribution in [0.15, 0.2) is 35.0 Å². The Balaban J connectivity index is 1.74. The molecule has 114 valence electrons. The number of ether oxygens (including phenoxy) is 1. The number of hydrogen-bond acceptors (Lipinski definition) is 4. The van der Waals surface area contributed by atoms with Crippen LogP contribution >= 0.6 is 34.5 Å². The van der Waals surface area contributed by atoms with Crippen molar-refractivity contribution in [2.45, 2.75) is 19.1 Å². The van der Waals surface area contributed by atoms with Gasteiger partial charge in [0.2, 0.25) is 0 Å². The minimum atomic E-state index is -0.597. The Hall–Kier alpha value is -0.780. The first kappa shape index (κ1) is 16.6. The largest absolute Gasteiger partial charge is 0.491 e. The second-order valence-electron chi connectivity index (χ2n) is 4.73. The molecule has 6 heteroatoms. The Kier molecular flexibility index (Phi) is 6.33. The maximum absolute atomic E-state index is 9.94. The molecule has 0 saturated heterocycles. The van der Waals surface area contributed by atoms with Crippen molar-refractivity contribution in [3.05, 3.63) is 50.6 Å². The Morgan fingerprint density at radius 1 is 1.29 bits per heavy atom. The van der Waals surface area contributed by atoms with Crippen LogP contribution in [0.2, 0.25) is 10.0 Å². The molecule has 1 aromatic heterocycles. The van der Waals surface area contributed by atoms with Crippen LogP contribution in [0, 0.1) is 0 Å². The maximum Gasteiger partial charge on any atom is 0.121 e. The van der Waals surface area contributed by atoms with Gasteiger partial charge in [0.05, 0.1) is 10.0 Å². The van der Waals surface area contributed by atoms with E-state index in [1.165, 1.54) is 5.56 Å². The van der Waals surface area contributed by atoms with Gasteiger partial charge in [-0.1, -0.05) is 23.2 Å². The normalized spacial score (nSPS) is 13.9. The molecule has 0 spiro atoms. The van der Waals surface area contributed by atoms with Crippen molar-refractivity contribution in [3.63, 3.8) is 0 Å². The highest BCUT2D eigenvalue weighted by Crippen LogP contribution is 2.26. The van der Waals surface area contributed by atoms with Gasteiger partial charge in [-0.3, -0.25) is 0 Å². The van der Waals surface area contributed by atoms with Crippen molar-refractivity contribution >= 4 is 34.5 Å². The molecule has 0 amide bonds. The molecular weight excluding hydrogens is 329 g/mol. The molecule has 2 rings (SSSR count). The molecule has 0 radical (unpaired) electrons. The third-order valence-electron chi connectivity index (χ3n) is 3.04. The quantitative estimate of drug-likeness (QED) is 0.792. The summed E-state index contributed by atoms with van der Waals surface area (Å²) >= 11 is 13.4. The molecule has 0 bridgehead atoms. The molecule has 2 N–H and O–H groups in total. The summed E-state index contributed by atoms with van der Waals surface area (Å²) in [5, 5.41) is 18.3. The van der Waals surface area contributed by atoms with E-state index < -0.39 is 6.10 Å². The SMILES string of the molecule is CC(NCC(O)COc1ccc(Cl)c(Cl)c1)c1ccsc1. The predicted octanol–water partition coefficient (Wildman–Crippen LogP) is 4.15. The Morgan fingerprint density at radius 2 is 2.10 bits per heavy atom. The molecule has 0 aliphatic carbocycles. The van der Waals surface area contributed by atoms with Crippen LogP contribution < -0.4 is 10.1 Å². The van der Waals surface area contributed by atoms with Crippen molar-refractivity contribution < 1.29 is 9.84 Å². The van der Waals surface area contributed by atoms with E-state index in [4.69, 9.17) is 27.9 Å². The fourth-order valence-corrected chi connectivity index (χ4v) is 2.81. The van der Waals surface area contributed by atoms with Crippen molar-refractivity contribution in [3.8, 4) is 5.75 Å². The lowest BCUT2D eigenvalue weighted by atomic mass is 10.2. The second kappa shape index (κ2) is 8.01. The lowest BCUT2D eigenvalue weighted by Gasteiger charge is -2.17. The molecule has 3 nitrogen and oxygen atoms in total. The van der Waals surface area contributed by atoms with E-state index in [-0.39, 0.29) is 12.6 Å². The summed E-state index contributed by atoms with van der Waals surface area (Å²) in [4.78, 5) is 0. The zero-order chi connectivity index (χ0) is 15.2. The topological polar surface area (TPSA) is 41.5 Å². The van der Waals surface area contributed by atoms with Crippen LogP contribution in [0.4, 0.5) is 0 Å². The van der Waals surface area contributed by atoms with Gasteiger partial charge in [0.1, 0.15) is 18.5 Å². The fourth-order valence-electron chi connectivity index (χ4n) is 1.77. The van der Waals surface area contributed by atoms with Gasteiger partial charge in [-0.05, 0) is 41.4 Å². The third kappa shape index (κ3) is 5.16. The number of thiophene rings is 1. The highest BCUT2D eigenvalue weighted by molar-refractivity contribution is 7.07. The third-order valence-corrected chi connectivity index (χ3v) is 4.48. The van der Waals surface area contributed by atoms with Crippen LogP contribution in [-0.2, 0) is 0 Å². The second-order valence-corrected chi connectivity index (χ2v) is 6.32. The Labute approximate surface area is 138 Å². The Morgan fingerprint density at radius 3 is 2.76 bits per heavy atom. The van der Waals surface area contributed by atoms with E-state index in [0.29, 0.717) is 22.3 Å². The van der Waals surface area contributed by atoms with E-state index in [1.807, 2.05) is 5.38 Å². The Bertz CT molecular complexity index is 563. The van der Waals surface area contributed by atoms with Gasteiger partial charge < -0.3 is 15.2 Å².